The fraction of sp³-hybridized carbons (Fsp3) is 0.135. The molecule has 0 unspecified atom stereocenters. The number of hydrogen-bond acceptors (Lipinski definition) is 4. The Hall–Kier alpha value is -5.36. The highest BCUT2D eigenvalue weighted by Crippen LogP contribution is 2.42. The maximum atomic E-state index is 6.70. The van der Waals surface area contributed by atoms with Gasteiger partial charge in [0.1, 0.15) is 29.8 Å². The molecule has 4 aromatic carbocycles. The van der Waals surface area contributed by atoms with Crippen molar-refractivity contribution >= 4 is 33.2 Å². The molecular formula is C37H31N5O. The monoisotopic (exact) mass is 561 g/mol. The van der Waals surface area contributed by atoms with Crippen LogP contribution in [0.4, 0.5) is 11.4 Å². The second-order valence-corrected chi connectivity index (χ2v) is 12.1. The van der Waals surface area contributed by atoms with Gasteiger partial charge in [-0.1, -0.05) is 57.2 Å². The number of hydrogen-bond donors (Lipinski definition) is 0. The van der Waals surface area contributed by atoms with Gasteiger partial charge in [0.05, 0.1) is 16.7 Å². The van der Waals surface area contributed by atoms with E-state index < -0.39 is 0 Å². The van der Waals surface area contributed by atoms with Crippen molar-refractivity contribution in [1.29, 1.82) is 0 Å². The van der Waals surface area contributed by atoms with Crippen LogP contribution in [0.25, 0.3) is 39.0 Å². The van der Waals surface area contributed by atoms with Crippen LogP contribution in [0.5, 0.6) is 11.5 Å². The van der Waals surface area contributed by atoms with E-state index in [1.54, 1.807) is 0 Å². The molecule has 6 heteroatoms. The van der Waals surface area contributed by atoms with Crippen molar-refractivity contribution in [2.24, 2.45) is 0 Å². The molecule has 4 heterocycles. The molecular weight excluding hydrogens is 530 g/mol. The lowest BCUT2D eigenvalue weighted by Gasteiger charge is -2.33. The zero-order chi connectivity index (χ0) is 29.1. The summed E-state index contributed by atoms with van der Waals surface area (Å²) in [6, 6.07) is 35.9. The first-order chi connectivity index (χ1) is 20.9. The van der Waals surface area contributed by atoms with Gasteiger partial charge in [0.25, 0.3) is 0 Å². The van der Waals surface area contributed by atoms with Crippen LogP contribution in [-0.2, 0) is 12.1 Å². The molecule has 0 fully saturated rings. The van der Waals surface area contributed by atoms with Crippen molar-refractivity contribution in [3.63, 3.8) is 0 Å². The number of fused-ring (bicyclic) bond motifs is 6. The number of ether oxygens (including phenoxy) is 1. The van der Waals surface area contributed by atoms with E-state index in [4.69, 9.17) is 4.74 Å². The largest absolute Gasteiger partial charge is 0.457 e. The number of nitrogens with zero attached hydrogens (tertiary/aromatic N) is 5. The fourth-order valence-electron chi connectivity index (χ4n) is 6.13. The Morgan fingerprint density at radius 2 is 1.51 bits per heavy atom. The number of aromatic nitrogens is 4. The molecule has 1 aliphatic rings. The quantitative estimate of drug-likeness (QED) is 0.215. The summed E-state index contributed by atoms with van der Waals surface area (Å²) in [5, 5.41) is 2.35. The summed E-state index contributed by atoms with van der Waals surface area (Å²) in [5.74, 6) is 3.45. The van der Waals surface area contributed by atoms with Gasteiger partial charge in [-0.25, -0.2) is 9.97 Å². The van der Waals surface area contributed by atoms with Crippen LogP contribution >= 0.6 is 0 Å². The molecule has 43 heavy (non-hydrogen) atoms. The molecule has 0 amide bonds. The number of anilines is 2. The Balaban J connectivity index is 1.25. The predicted octanol–water partition coefficient (Wildman–Crippen LogP) is 9.24. The summed E-state index contributed by atoms with van der Waals surface area (Å²) >= 11 is 0. The summed E-state index contributed by atoms with van der Waals surface area (Å²) in [5.41, 5.74) is 6.65. The smallest absolute Gasteiger partial charge is 0.143 e. The van der Waals surface area contributed by atoms with Crippen molar-refractivity contribution < 1.29 is 4.74 Å². The third-order valence-corrected chi connectivity index (χ3v) is 8.27. The third kappa shape index (κ3) is 4.26. The van der Waals surface area contributed by atoms with Crippen molar-refractivity contribution in [2.75, 3.05) is 4.90 Å². The lowest BCUT2D eigenvalue weighted by atomic mass is 9.86. The maximum Gasteiger partial charge on any atom is 0.143 e. The van der Waals surface area contributed by atoms with Gasteiger partial charge in [-0.2, -0.15) is 0 Å². The van der Waals surface area contributed by atoms with Gasteiger partial charge in [0.2, 0.25) is 0 Å². The molecule has 0 spiro atoms. The Labute approximate surface area is 250 Å². The second kappa shape index (κ2) is 9.60. The van der Waals surface area contributed by atoms with E-state index in [0.29, 0.717) is 6.67 Å². The van der Waals surface area contributed by atoms with Crippen LogP contribution in [0, 0.1) is 0 Å². The van der Waals surface area contributed by atoms with E-state index in [9.17, 15) is 0 Å². The summed E-state index contributed by atoms with van der Waals surface area (Å²) in [4.78, 5) is 11.7. The highest BCUT2D eigenvalue weighted by molar-refractivity contribution is 6.09. The molecule has 0 bridgehead atoms. The average molecular weight is 562 g/mol. The van der Waals surface area contributed by atoms with E-state index >= 15 is 0 Å². The molecule has 210 valence electrons. The number of imidazole rings is 1. The van der Waals surface area contributed by atoms with Crippen LogP contribution in [0.1, 0.15) is 26.3 Å². The molecule has 0 saturated carbocycles. The summed E-state index contributed by atoms with van der Waals surface area (Å²) < 4.78 is 11.1. The first-order valence-electron chi connectivity index (χ1n) is 14.6. The lowest BCUT2D eigenvalue weighted by molar-refractivity contribution is 0.479. The third-order valence-electron chi connectivity index (χ3n) is 8.27. The minimum atomic E-state index is -0.0705. The zero-order valence-corrected chi connectivity index (χ0v) is 24.4. The van der Waals surface area contributed by atoms with E-state index in [-0.39, 0.29) is 5.41 Å². The van der Waals surface area contributed by atoms with Gasteiger partial charge in [0, 0.05) is 52.7 Å². The fourth-order valence-corrected chi connectivity index (χ4v) is 6.13. The Kier molecular flexibility index (Phi) is 5.66. The maximum absolute atomic E-state index is 6.70. The SMILES string of the molecule is CC(C)(C)c1cc(Oc2ccc3c4ccccc4n(-c4ccccn4)c3c2)cc(N2Cn3ccnc3-c3ccccc32)c1. The molecule has 0 radical (unpaired) electrons. The molecule has 8 rings (SSSR count). The minimum absolute atomic E-state index is 0.0705. The van der Waals surface area contributed by atoms with E-state index in [0.717, 1.165) is 51.1 Å². The first-order valence-corrected chi connectivity index (χ1v) is 14.6. The van der Waals surface area contributed by atoms with Gasteiger partial charge < -0.3 is 14.2 Å². The Morgan fingerprint density at radius 1 is 0.698 bits per heavy atom. The molecule has 1 aliphatic heterocycles. The van der Waals surface area contributed by atoms with Crippen LogP contribution in [0.2, 0.25) is 0 Å². The second-order valence-electron chi connectivity index (χ2n) is 12.1. The van der Waals surface area contributed by atoms with E-state index in [1.807, 2.05) is 36.8 Å². The average Bonchev–Trinajstić information content (AvgIpc) is 3.63. The van der Waals surface area contributed by atoms with E-state index in [2.05, 4.69) is 130 Å². The molecule has 7 aromatic rings. The molecule has 0 saturated heterocycles. The molecule has 0 atom stereocenters. The predicted molar refractivity (Wildman–Crippen MR) is 174 cm³/mol. The van der Waals surface area contributed by atoms with Gasteiger partial charge in [0.15, 0.2) is 0 Å². The highest BCUT2D eigenvalue weighted by Gasteiger charge is 2.26. The minimum Gasteiger partial charge on any atom is -0.457 e. The van der Waals surface area contributed by atoms with Crippen LogP contribution in [0.15, 0.2) is 122 Å². The number of pyridine rings is 1. The highest BCUT2D eigenvalue weighted by atomic mass is 16.5. The van der Waals surface area contributed by atoms with Crippen LogP contribution in [0.3, 0.4) is 0 Å². The van der Waals surface area contributed by atoms with Gasteiger partial charge in [-0.15, -0.1) is 0 Å². The van der Waals surface area contributed by atoms with Crippen molar-refractivity contribution in [2.45, 2.75) is 32.9 Å². The van der Waals surface area contributed by atoms with Crippen LogP contribution < -0.4 is 9.64 Å². The Morgan fingerprint density at radius 3 is 2.37 bits per heavy atom. The van der Waals surface area contributed by atoms with Crippen molar-refractivity contribution in [3.05, 3.63) is 127 Å². The van der Waals surface area contributed by atoms with Crippen molar-refractivity contribution in [1.82, 2.24) is 19.1 Å². The summed E-state index contributed by atoms with van der Waals surface area (Å²) in [7, 11) is 0. The van der Waals surface area contributed by atoms with E-state index in [1.165, 1.54) is 16.3 Å². The van der Waals surface area contributed by atoms with Gasteiger partial charge in [-0.05, 0) is 65.6 Å². The van der Waals surface area contributed by atoms with Crippen LogP contribution in [-0.4, -0.2) is 19.1 Å². The Bertz CT molecular complexity index is 2130. The first kappa shape index (κ1) is 25.4. The van der Waals surface area contributed by atoms with Crippen molar-refractivity contribution in [3.8, 4) is 28.7 Å². The van der Waals surface area contributed by atoms with Gasteiger partial charge >= 0.3 is 0 Å². The molecule has 6 nitrogen and oxygen atoms in total. The normalized spacial score (nSPS) is 12.9. The molecule has 0 aliphatic carbocycles. The molecule has 0 N–H and O–H groups in total. The number of benzene rings is 4. The van der Waals surface area contributed by atoms with Gasteiger partial charge in [-0.3, -0.25) is 4.57 Å². The molecule has 3 aromatic heterocycles. The zero-order valence-electron chi connectivity index (χ0n) is 24.4. The number of rotatable bonds is 4. The number of para-hydroxylation sites is 2. The summed E-state index contributed by atoms with van der Waals surface area (Å²) in [6.07, 6.45) is 5.75. The standard InChI is InChI=1S/C37H31N5O/c1-37(2,3)25-20-26(41-24-40-19-18-39-36(40)31-11-5-6-12-32(31)41)22-28(21-25)43-27-15-16-30-29-10-4-7-13-33(29)42(34(30)23-27)35-14-8-9-17-38-35/h4-23H,24H2,1-3H3. The topological polar surface area (TPSA) is 48.1 Å². The summed E-state index contributed by atoms with van der Waals surface area (Å²) in [6.45, 7) is 7.40. The lowest BCUT2D eigenvalue weighted by Crippen LogP contribution is -2.26.